The molecule has 6 nitrogen and oxygen atoms in total. The number of alkyl halides is 2. The summed E-state index contributed by atoms with van der Waals surface area (Å²) in [7, 11) is 0. The van der Waals surface area contributed by atoms with Crippen molar-refractivity contribution in [3.8, 4) is 0 Å². The van der Waals surface area contributed by atoms with Gasteiger partial charge in [-0.3, -0.25) is 4.90 Å². The third kappa shape index (κ3) is 2.33. The van der Waals surface area contributed by atoms with Crippen LogP contribution in [0, 0.1) is 0 Å². The van der Waals surface area contributed by atoms with Crippen LogP contribution < -0.4 is 5.32 Å². The Morgan fingerprint density at radius 3 is 2.82 bits per heavy atom. The zero-order chi connectivity index (χ0) is 12.6. The maximum absolute atomic E-state index is 13.6. The van der Waals surface area contributed by atoms with Crippen LogP contribution in [-0.4, -0.2) is 58.8 Å². The van der Waals surface area contributed by atoms with E-state index < -0.39 is 43.5 Å². The smallest absolute Gasteiger partial charge is 0.321 e. The van der Waals surface area contributed by atoms with Gasteiger partial charge in [-0.05, 0) is 0 Å². The van der Waals surface area contributed by atoms with Gasteiger partial charge in [0.05, 0.1) is 12.7 Å². The summed E-state index contributed by atoms with van der Waals surface area (Å²) in [4.78, 5) is 12.3. The summed E-state index contributed by atoms with van der Waals surface area (Å²) in [5.41, 5.74) is 0. The Kier molecular flexibility index (Phi) is 3.19. The summed E-state index contributed by atoms with van der Waals surface area (Å²) in [6, 6.07) is -0.785. The fraction of sp³-hybridized carbons (Fsp3) is 0.889. The van der Waals surface area contributed by atoms with Crippen molar-refractivity contribution in [2.24, 2.45) is 0 Å². The molecule has 3 N–H and O–H groups in total. The molecule has 0 unspecified atom stereocenters. The maximum Gasteiger partial charge on any atom is 0.321 e. The van der Waals surface area contributed by atoms with E-state index in [2.05, 4.69) is 5.32 Å². The fourth-order valence-corrected chi connectivity index (χ4v) is 2.03. The van der Waals surface area contributed by atoms with Gasteiger partial charge in [0, 0.05) is 19.4 Å². The average Bonchev–Trinajstić information content (AvgIpc) is 2.54. The number of carbonyl (C=O) groups is 1. The summed E-state index contributed by atoms with van der Waals surface area (Å²) < 4.78 is 32.1. The summed E-state index contributed by atoms with van der Waals surface area (Å²) in [6.07, 6.45) is -4.10. The van der Waals surface area contributed by atoms with Crippen molar-refractivity contribution in [3.05, 3.63) is 0 Å². The lowest BCUT2D eigenvalue weighted by molar-refractivity contribution is -0.145. The van der Waals surface area contributed by atoms with E-state index in [1.807, 2.05) is 0 Å². The number of aliphatic hydroxyl groups excluding tert-OH is 2. The van der Waals surface area contributed by atoms with Gasteiger partial charge in [-0.1, -0.05) is 0 Å². The van der Waals surface area contributed by atoms with Crippen LogP contribution in [0.4, 0.5) is 13.6 Å². The molecule has 2 aliphatic rings. The van der Waals surface area contributed by atoms with Crippen molar-refractivity contribution >= 4 is 6.03 Å². The normalized spacial score (nSPS) is 37.1. The van der Waals surface area contributed by atoms with Gasteiger partial charge < -0.3 is 20.3 Å². The molecule has 2 rings (SSSR count). The molecule has 98 valence electrons. The van der Waals surface area contributed by atoms with Gasteiger partial charge in [-0.25, -0.2) is 13.6 Å². The molecular weight excluding hydrogens is 238 g/mol. The molecule has 17 heavy (non-hydrogen) atoms. The molecule has 2 fully saturated rings. The minimum atomic E-state index is -3.19. The second-order valence-corrected chi connectivity index (χ2v) is 4.21. The number of nitrogens with one attached hydrogen (secondary N) is 1. The Balaban J connectivity index is 2.09. The first-order valence-corrected chi connectivity index (χ1v) is 5.33. The lowest BCUT2D eigenvalue weighted by Crippen LogP contribution is -2.58. The predicted octanol–water partition coefficient (Wildman–Crippen LogP) is -0.537. The summed E-state index contributed by atoms with van der Waals surface area (Å²) >= 11 is 0. The molecule has 2 heterocycles. The first-order chi connectivity index (χ1) is 7.94. The molecule has 2 amide bonds. The summed E-state index contributed by atoms with van der Waals surface area (Å²) in [6.45, 7) is -0.518. The van der Waals surface area contributed by atoms with Crippen LogP contribution >= 0.6 is 0 Å². The van der Waals surface area contributed by atoms with E-state index in [0.717, 1.165) is 4.90 Å². The Labute approximate surface area is 96.2 Å². The van der Waals surface area contributed by atoms with Crippen LogP contribution in [0.2, 0.25) is 0 Å². The van der Waals surface area contributed by atoms with E-state index in [1.165, 1.54) is 0 Å². The van der Waals surface area contributed by atoms with Crippen LogP contribution in [-0.2, 0) is 4.74 Å². The van der Waals surface area contributed by atoms with Gasteiger partial charge in [0.15, 0.2) is 6.23 Å². The Morgan fingerprint density at radius 1 is 1.59 bits per heavy atom. The minimum Gasteiger partial charge on any atom is -0.394 e. The molecule has 0 aromatic heterocycles. The van der Waals surface area contributed by atoms with Crippen LogP contribution in [0.1, 0.15) is 12.8 Å². The molecule has 2 aliphatic heterocycles. The topological polar surface area (TPSA) is 82.0 Å². The molecule has 0 spiro atoms. The number of amides is 2. The van der Waals surface area contributed by atoms with Gasteiger partial charge in [0.25, 0.3) is 5.92 Å². The van der Waals surface area contributed by atoms with Gasteiger partial charge in [-0.15, -0.1) is 0 Å². The number of carbonyl (C=O) groups excluding carboxylic acids is 1. The lowest BCUT2D eigenvalue weighted by Gasteiger charge is -2.36. The van der Waals surface area contributed by atoms with Crippen molar-refractivity contribution in [2.45, 2.75) is 37.3 Å². The monoisotopic (exact) mass is 252 g/mol. The molecule has 8 heteroatoms. The number of hydrogen-bond donors (Lipinski definition) is 3. The predicted molar refractivity (Wildman–Crippen MR) is 51.2 cm³/mol. The highest BCUT2D eigenvalue weighted by atomic mass is 19.3. The van der Waals surface area contributed by atoms with E-state index in [1.54, 1.807) is 0 Å². The number of ether oxygens (including phenoxy) is 1. The Bertz CT molecular complexity index is 315. The van der Waals surface area contributed by atoms with Gasteiger partial charge in [-0.2, -0.15) is 0 Å². The number of hydrogen-bond acceptors (Lipinski definition) is 4. The van der Waals surface area contributed by atoms with Crippen molar-refractivity contribution in [3.63, 3.8) is 0 Å². The molecule has 0 aromatic rings. The number of urea groups is 1. The highest BCUT2D eigenvalue weighted by Gasteiger charge is 2.54. The van der Waals surface area contributed by atoms with E-state index in [9.17, 15) is 13.6 Å². The number of halogens is 2. The second-order valence-electron chi connectivity index (χ2n) is 4.21. The quantitative estimate of drug-likeness (QED) is 0.616. The highest BCUT2D eigenvalue weighted by Crippen LogP contribution is 2.38. The van der Waals surface area contributed by atoms with Gasteiger partial charge >= 0.3 is 6.03 Å². The van der Waals surface area contributed by atoms with Crippen molar-refractivity contribution in [1.29, 1.82) is 0 Å². The molecule has 0 saturated carbocycles. The first kappa shape index (κ1) is 12.5. The molecule has 3 atom stereocenters. The van der Waals surface area contributed by atoms with Crippen molar-refractivity contribution < 1.29 is 28.5 Å². The Morgan fingerprint density at radius 2 is 2.29 bits per heavy atom. The summed E-state index contributed by atoms with van der Waals surface area (Å²) in [5, 5.41) is 20.1. The van der Waals surface area contributed by atoms with Crippen molar-refractivity contribution in [1.82, 2.24) is 10.2 Å². The largest absolute Gasteiger partial charge is 0.394 e. The second kappa shape index (κ2) is 4.35. The zero-order valence-corrected chi connectivity index (χ0v) is 8.97. The van der Waals surface area contributed by atoms with E-state index in [0.29, 0.717) is 0 Å². The molecule has 2 saturated heterocycles. The van der Waals surface area contributed by atoms with E-state index in [4.69, 9.17) is 14.9 Å². The van der Waals surface area contributed by atoms with Crippen molar-refractivity contribution in [2.75, 3.05) is 13.2 Å². The molecule has 0 aromatic carbocycles. The van der Waals surface area contributed by atoms with Crippen LogP contribution in [0.5, 0.6) is 0 Å². The van der Waals surface area contributed by atoms with Crippen LogP contribution in [0.25, 0.3) is 0 Å². The highest BCUT2D eigenvalue weighted by molar-refractivity contribution is 5.75. The van der Waals surface area contributed by atoms with Gasteiger partial charge in [0.2, 0.25) is 0 Å². The van der Waals surface area contributed by atoms with Crippen LogP contribution in [0.3, 0.4) is 0 Å². The molecular formula is C9H14F2N2O4. The summed E-state index contributed by atoms with van der Waals surface area (Å²) in [5.74, 6) is -3.19. The average molecular weight is 252 g/mol. The number of aliphatic hydroxyl groups is 2. The SMILES string of the molecule is O=C1N[C@@H](O)CCN1[C@@H]1O[C@H](CO)CC1(F)F. The minimum absolute atomic E-state index is 0.00853. The van der Waals surface area contributed by atoms with Crippen LogP contribution in [0.15, 0.2) is 0 Å². The molecule has 0 radical (unpaired) electrons. The fourth-order valence-electron chi connectivity index (χ4n) is 2.03. The standard InChI is InChI=1S/C9H14F2N2O4/c10-9(11)3-5(4-14)17-7(9)13-2-1-6(15)12-8(13)16/h5-7,14-15H,1-4H2,(H,12,16)/t5-,6-,7+/m0/s1. The maximum atomic E-state index is 13.6. The number of nitrogens with zero attached hydrogens (tertiary/aromatic N) is 1. The zero-order valence-electron chi connectivity index (χ0n) is 8.97. The third-order valence-electron chi connectivity index (χ3n) is 2.86. The first-order valence-electron chi connectivity index (χ1n) is 5.33. The van der Waals surface area contributed by atoms with E-state index in [-0.39, 0.29) is 13.0 Å². The molecule has 0 bridgehead atoms. The lowest BCUT2D eigenvalue weighted by atomic mass is 10.1. The Hall–Kier alpha value is -0.990. The third-order valence-corrected chi connectivity index (χ3v) is 2.86. The van der Waals surface area contributed by atoms with E-state index >= 15 is 0 Å². The molecule has 0 aliphatic carbocycles. The number of rotatable bonds is 2. The van der Waals surface area contributed by atoms with Gasteiger partial charge in [0.1, 0.15) is 6.23 Å².